The summed E-state index contributed by atoms with van der Waals surface area (Å²) in [6, 6.07) is 19.5. The van der Waals surface area contributed by atoms with Crippen LogP contribution >= 0.6 is 0 Å². The molecule has 0 atom stereocenters. The minimum Gasteiger partial charge on any atom is -0.184 e. The van der Waals surface area contributed by atoms with Gasteiger partial charge in [-0.3, -0.25) is 0 Å². The number of hydrogen-bond donors (Lipinski definition) is 0. The van der Waals surface area contributed by atoms with Crippen LogP contribution in [0.4, 0.5) is 0 Å². The second-order valence-corrected chi connectivity index (χ2v) is 7.51. The van der Waals surface area contributed by atoms with Crippen LogP contribution in [0, 0.1) is 19.9 Å². The van der Waals surface area contributed by atoms with Crippen molar-refractivity contribution in [3.63, 3.8) is 0 Å². The third-order valence-corrected chi connectivity index (χ3v) is 3.72. The van der Waals surface area contributed by atoms with Gasteiger partial charge in [0.25, 0.3) is 0 Å². The van der Waals surface area contributed by atoms with E-state index in [1.807, 2.05) is 24.3 Å². The Bertz CT molecular complexity index is 675. The number of allylic oxidation sites excluding steroid dienone is 8. The van der Waals surface area contributed by atoms with Gasteiger partial charge in [0.2, 0.25) is 0 Å². The number of benzene rings is 2. The Morgan fingerprint density at radius 2 is 0.912 bits per heavy atom. The quantitative estimate of drug-likeness (QED) is 0.275. The summed E-state index contributed by atoms with van der Waals surface area (Å²) in [6.45, 7) is 14.8. The van der Waals surface area contributed by atoms with Crippen molar-refractivity contribution in [2.24, 2.45) is 0 Å². The molecule has 0 aliphatic heterocycles. The molecule has 0 spiro atoms. The van der Waals surface area contributed by atoms with Crippen LogP contribution in [0.3, 0.4) is 0 Å². The van der Waals surface area contributed by atoms with Crippen molar-refractivity contribution >= 4 is 0 Å². The monoisotopic (exact) mass is 631 g/mol. The Hall–Kier alpha value is -1.91. The summed E-state index contributed by atoms with van der Waals surface area (Å²) < 4.78 is 0. The van der Waals surface area contributed by atoms with Crippen LogP contribution in [-0.4, -0.2) is 0 Å². The van der Waals surface area contributed by atoms with E-state index in [0.717, 1.165) is 19.3 Å². The maximum Gasteiger partial charge on any atom is 0 e. The number of aryl methyl sites for hydroxylation is 3. The van der Waals surface area contributed by atoms with Crippen molar-refractivity contribution in [1.82, 2.24) is 0 Å². The van der Waals surface area contributed by atoms with E-state index < -0.39 is 0 Å². The van der Waals surface area contributed by atoms with Crippen LogP contribution in [0.15, 0.2) is 97.1 Å². The van der Waals surface area contributed by atoms with Gasteiger partial charge in [0.05, 0.1) is 0 Å². The fourth-order valence-electron chi connectivity index (χ4n) is 2.08. The maximum absolute atomic E-state index is 2.93. The van der Waals surface area contributed by atoms with E-state index >= 15 is 0 Å². The molecular formula is C33H51W-. The predicted molar refractivity (Wildman–Crippen MR) is 155 cm³/mol. The molecule has 0 aromatic heterocycles. The first kappa shape index (κ1) is 39.3. The fraction of sp³-hybridized carbons (Fsp3) is 0.394. The summed E-state index contributed by atoms with van der Waals surface area (Å²) in [7, 11) is 0. The maximum atomic E-state index is 2.93. The largest absolute Gasteiger partial charge is 0.184 e. The molecule has 4 rings (SSSR count). The van der Waals surface area contributed by atoms with Gasteiger partial charge in [0.15, 0.2) is 0 Å². The van der Waals surface area contributed by atoms with Crippen LogP contribution < -0.4 is 0 Å². The van der Waals surface area contributed by atoms with Gasteiger partial charge < -0.3 is 0 Å². The predicted octanol–water partition coefficient (Wildman–Crippen LogP) is 10.8. The first-order valence-electron chi connectivity index (χ1n) is 12.2. The molecule has 0 saturated carbocycles. The van der Waals surface area contributed by atoms with Crippen molar-refractivity contribution in [3.8, 4) is 0 Å². The van der Waals surface area contributed by atoms with Gasteiger partial charge in [-0.1, -0.05) is 140 Å². The van der Waals surface area contributed by atoms with E-state index in [1.54, 1.807) is 0 Å². The van der Waals surface area contributed by atoms with Crippen molar-refractivity contribution in [1.29, 1.82) is 0 Å². The van der Waals surface area contributed by atoms with Gasteiger partial charge in [0.1, 0.15) is 0 Å². The topological polar surface area (TPSA) is 0 Å². The van der Waals surface area contributed by atoms with E-state index in [1.165, 1.54) is 29.5 Å². The Morgan fingerprint density at radius 3 is 1.12 bits per heavy atom. The van der Waals surface area contributed by atoms with Crippen LogP contribution in [0.5, 0.6) is 0 Å². The van der Waals surface area contributed by atoms with E-state index in [-0.39, 0.29) is 28.5 Å². The zero-order valence-electron chi connectivity index (χ0n) is 22.2. The average molecular weight is 632 g/mol. The second kappa shape index (κ2) is 33.3. The van der Waals surface area contributed by atoms with Crippen LogP contribution in [0.1, 0.15) is 84.4 Å². The molecule has 2 aromatic carbocycles. The Labute approximate surface area is 228 Å². The molecule has 0 fully saturated rings. The zero-order valence-corrected chi connectivity index (χ0v) is 25.1. The molecule has 0 nitrogen and oxygen atoms in total. The SMILES string of the molecule is C.C1=CCC=C1.C1=CCC=C1.CCC.CCC.CCc1ccc(C)cc1.Cc1cc[c-]cc1.[W]. The Morgan fingerprint density at radius 1 is 0.588 bits per heavy atom. The molecule has 0 heterocycles. The van der Waals surface area contributed by atoms with Gasteiger partial charge >= 0.3 is 0 Å². The molecular weight excluding hydrogens is 580 g/mol. The van der Waals surface area contributed by atoms with Crippen molar-refractivity contribution in [2.45, 2.75) is 88.0 Å². The molecule has 1 heteroatoms. The molecule has 34 heavy (non-hydrogen) atoms. The molecule has 2 aliphatic carbocycles. The molecule has 2 aromatic rings. The van der Waals surface area contributed by atoms with Crippen LogP contribution in [0.25, 0.3) is 0 Å². The van der Waals surface area contributed by atoms with Gasteiger partial charge in [-0.25, -0.2) is 0 Å². The number of hydrogen-bond acceptors (Lipinski definition) is 0. The summed E-state index contributed by atoms with van der Waals surface area (Å²) >= 11 is 0. The molecule has 2 aliphatic rings. The number of rotatable bonds is 1. The summed E-state index contributed by atoms with van der Waals surface area (Å²) in [5.74, 6) is 0. The van der Waals surface area contributed by atoms with Crippen molar-refractivity contribution in [3.05, 3.63) is 120 Å². The Balaban J connectivity index is -0.000000164. The third-order valence-electron chi connectivity index (χ3n) is 3.72. The normalized spacial score (nSPS) is 10.6. The molecule has 0 unspecified atom stereocenters. The zero-order chi connectivity index (χ0) is 24.3. The standard InChI is InChI=1S/C9H12.C7H7.2C5H6.2C3H8.CH4.W/c1-3-9-6-4-8(2)5-7-9;1-7-5-3-2-4-6-7;2*1-2-4-5-3-1;2*1-3-2;;/h4-7H,3H2,1-2H3;3-6H,1H3;2*1-4H,5H2;2*3H2,1-2H3;1H4;/q;-1;;;;;;. The van der Waals surface area contributed by atoms with Gasteiger partial charge in [-0.05, 0) is 31.7 Å². The van der Waals surface area contributed by atoms with Gasteiger partial charge in [-0.2, -0.15) is 35.9 Å². The fourth-order valence-corrected chi connectivity index (χ4v) is 2.08. The van der Waals surface area contributed by atoms with Gasteiger partial charge in [0, 0.05) is 21.1 Å². The Kier molecular flexibility index (Phi) is 38.5. The summed E-state index contributed by atoms with van der Waals surface area (Å²) in [5.41, 5.74) is 4.05. The molecule has 0 radical (unpaired) electrons. The third kappa shape index (κ3) is 32.3. The molecule has 0 N–H and O–H groups in total. The van der Waals surface area contributed by atoms with Gasteiger partial charge in [-0.15, -0.1) is 0 Å². The minimum atomic E-state index is 0. The van der Waals surface area contributed by atoms with Crippen LogP contribution in [0.2, 0.25) is 0 Å². The minimum absolute atomic E-state index is 0. The van der Waals surface area contributed by atoms with E-state index in [9.17, 15) is 0 Å². The molecule has 0 saturated heterocycles. The van der Waals surface area contributed by atoms with E-state index in [0.29, 0.717) is 0 Å². The summed E-state index contributed by atoms with van der Waals surface area (Å²) in [5, 5.41) is 0. The van der Waals surface area contributed by atoms with E-state index in [2.05, 4.69) is 127 Å². The van der Waals surface area contributed by atoms with Crippen LogP contribution in [-0.2, 0) is 27.5 Å². The first-order valence-corrected chi connectivity index (χ1v) is 12.2. The smallest absolute Gasteiger partial charge is 0 e. The summed E-state index contributed by atoms with van der Waals surface area (Å²) in [4.78, 5) is 0. The molecule has 0 bridgehead atoms. The average Bonchev–Trinajstić information content (AvgIpc) is 3.56. The van der Waals surface area contributed by atoms with Crippen molar-refractivity contribution in [2.75, 3.05) is 0 Å². The first-order chi connectivity index (χ1) is 15.5. The second-order valence-electron chi connectivity index (χ2n) is 7.51. The molecule has 190 valence electrons. The summed E-state index contributed by atoms with van der Waals surface area (Å²) in [6.07, 6.45) is 22.6. The van der Waals surface area contributed by atoms with E-state index in [4.69, 9.17) is 0 Å². The molecule has 0 amide bonds. The van der Waals surface area contributed by atoms with Crippen molar-refractivity contribution < 1.29 is 21.1 Å².